The van der Waals surface area contributed by atoms with Crippen molar-refractivity contribution in [2.45, 2.75) is 19.8 Å². The number of carbonyl (C=O) groups excluding carboxylic acids is 4. The highest BCUT2D eigenvalue weighted by molar-refractivity contribution is 6.35. The van der Waals surface area contributed by atoms with Crippen molar-refractivity contribution in [1.29, 1.82) is 0 Å². The van der Waals surface area contributed by atoms with Crippen LogP contribution in [0.5, 0.6) is 0 Å². The molecule has 0 aromatic heterocycles. The van der Waals surface area contributed by atoms with Crippen LogP contribution in [0.2, 0.25) is 5.02 Å². The number of amides is 5. The zero-order valence-electron chi connectivity index (χ0n) is 16.2. The first-order valence-corrected chi connectivity index (χ1v) is 9.94. The summed E-state index contributed by atoms with van der Waals surface area (Å²) in [4.78, 5) is 52.9. The Morgan fingerprint density at radius 1 is 0.828 bits per heavy atom. The molecular formula is C19H24ClN5O4. The van der Waals surface area contributed by atoms with Gasteiger partial charge in [-0.1, -0.05) is 11.6 Å². The molecule has 156 valence electrons. The number of carbonyl (C=O) groups is 4. The number of benzene rings is 1. The predicted molar refractivity (Wildman–Crippen MR) is 109 cm³/mol. The number of hydrogen-bond donors (Lipinski definition) is 2. The number of urea groups is 1. The summed E-state index contributed by atoms with van der Waals surface area (Å²) in [6, 6.07) is 4.47. The van der Waals surface area contributed by atoms with E-state index < -0.39 is 11.8 Å². The summed E-state index contributed by atoms with van der Waals surface area (Å²) in [6.07, 6.45) is 1.86. The van der Waals surface area contributed by atoms with Gasteiger partial charge in [-0.25, -0.2) is 4.79 Å². The van der Waals surface area contributed by atoms with Crippen molar-refractivity contribution in [2.24, 2.45) is 0 Å². The van der Waals surface area contributed by atoms with E-state index in [0.29, 0.717) is 55.7 Å². The van der Waals surface area contributed by atoms with Crippen LogP contribution in [0.25, 0.3) is 0 Å². The molecule has 2 fully saturated rings. The van der Waals surface area contributed by atoms with Gasteiger partial charge in [-0.15, -0.1) is 0 Å². The van der Waals surface area contributed by atoms with E-state index >= 15 is 0 Å². The van der Waals surface area contributed by atoms with Crippen molar-refractivity contribution in [3.8, 4) is 0 Å². The normalized spacial score (nSPS) is 16.6. The Labute approximate surface area is 173 Å². The smallest absolute Gasteiger partial charge is 0.322 e. The first-order chi connectivity index (χ1) is 13.8. The zero-order chi connectivity index (χ0) is 21.0. The molecule has 0 unspecified atom stereocenters. The number of nitrogens with one attached hydrogen (secondary N) is 2. The minimum atomic E-state index is -0.497. The molecule has 2 saturated heterocycles. The molecule has 0 bridgehead atoms. The molecule has 2 aliphatic heterocycles. The molecule has 2 heterocycles. The van der Waals surface area contributed by atoms with Gasteiger partial charge >= 0.3 is 17.8 Å². The second kappa shape index (κ2) is 9.13. The molecule has 0 saturated carbocycles. The molecule has 2 aliphatic rings. The summed E-state index contributed by atoms with van der Waals surface area (Å²) in [5.74, 6) is -1.16. The lowest BCUT2D eigenvalue weighted by atomic mass is 10.2. The van der Waals surface area contributed by atoms with Gasteiger partial charge in [-0.3, -0.25) is 14.4 Å². The monoisotopic (exact) mass is 421 g/mol. The standard InChI is InChI=1S/C19H24ClN5O4/c1-13(26)21-14-4-5-16(15(20)12-14)22-19(29)25-10-8-24(9-11-25)18(28)17(27)23-6-2-3-7-23/h4-5,12H,2-3,6-11H2,1H3,(H,21,26)(H,22,29). The number of likely N-dealkylation sites (tertiary alicyclic amines) is 1. The van der Waals surface area contributed by atoms with E-state index in [1.165, 1.54) is 11.8 Å². The van der Waals surface area contributed by atoms with E-state index in [9.17, 15) is 19.2 Å². The van der Waals surface area contributed by atoms with Crippen molar-refractivity contribution in [3.05, 3.63) is 23.2 Å². The average Bonchev–Trinajstić information content (AvgIpc) is 3.23. The Morgan fingerprint density at radius 3 is 1.93 bits per heavy atom. The molecule has 0 radical (unpaired) electrons. The quantitative estimate of drug-likeness (QED) is 0.708. The van der Waals surface area contributed by atoms with Gasteiger partial charge in [-0.2, -0.15) is 0 Å². The molecule has 0 atom stereocenters. The molecule has 1 aromatic rings. The topological polar surface area (TPSA) is 102 Å². The minimum Gasteiger partial charge on any atom is -0.334 e. The van der Waals surface area contributed by atoms with Crippen LogP contribution in [0.1, 0.15) is 19.8 Å². The molecule has 29 heavy (non-hydrogen) atoms. The van der Waals surface area contributed by atoms with E-state index in [1.807, 2.05) is 0 Å². The van der Waals surface area contributed by atoms with Crippen molar-refractivity contribution < 1.29 is 19.2 Å². The highest BCUT2D eigenvalue weighted by Crippen LogP contribution is 2.26. The molecular weight excluding hydrogens is 398 g/mol. The summed E-state index contributed by atoms with van der Waals surface area (Å²) in [5.41, 5.74) is 0.962. The second-order valence-electron chi connectivity index (χ2n) is 7.08. The molecule has 0 spiro atoms. The number of hydrogen-bond acceptors (Lipinski definition) is 4. The fourth-order valence-electron chi connectivity index (χ4n) is 3.40. The van der Waals surface area contributed by atoms with E-state index in [1.54, 1.807) is 28.0 Å². The zero-order valence-corrected chi connectivity index (χ0v) is 17.0. The number of piperazine rings is 1. The van der Waals surface area contributed by atoms with E-state index in [2.05, 4.69) is 10.6 Å². The molecule has 2 N–H and O–H groups in total. The molecule has 5 amide bonds. The number of halogens is 1. The van der Waals surface area contributed by atoms with Gasteiger partial charge in [0.05, 0.1) is 10.7 Å². The minimum absolute atomic E-state index is 0.214. The SMILES string of the molecule is CC(=O)Nc1ccc(NC(=O)N2CCN(C(=O)C(=O)N3CCCC3)CC2)c(Cl)c1. The largest absolute Gasteiger partial charge is 0.334 e. The Hall–Kier alpha value is -2.81. The van der Waals surface area contributed by atoms with Gasteiger partial charge in [0, 0.05) is 51.9 Å². The average molecular weight is 422 g/mol. The van der Waals surface area contributed by atoms with Crippen molar-refractivity contribution >= 4 is 46.7 Å². The van der Waals surface area contributed by atoms with Crippen LogP contribution in [0, 0.1) is 0 Å². The van der Waals surface area contributed by atoms with Crippen LogP contribution < -0.4 is 10.6 Å². The third kappa shape index (κ3) is 5.17. The lowest BCUT2D eigenvalue weighted by Gasteiger charge is -2.35. The van der Waals surface area contributed by atoms with Crippen molar-refractivity contribution in [1.82, 2.24) is 14.7 Å². The summed E-state index contributed by atoms with van der Waals surface area (Å²) < 4.78 is 0. The van der Waals surface area contributed by atoms with Crippen LogP contribution in [0.15, 0.2) is 18.2 Å². The number of anilines is 2. The van der Waals surface area contributed by atoms with Gasteiger partial charge < -0.3 is 25.3 Å². The van der Waals surface area contributed by atoms with Crippen molar-refractivity contribution in [2.75, 3.05) is 49.9 Å². The highest BCUT2D eigenvalue weighted by Gasteiger charge is 2.31. The maximum absolute atomic E-state index is 12.5. The van der Waals surface area contributed by atoms with Gasteiger partial charge in [-0.05, 0) is 31.0 Å². The van der Waals surface area contributed by atoms with Gasteiger partial charge in [0.1, 0.15) is 0 Å². The number of rotatable bonds is 2. The molecule has 10 heteroatoms. The third-order valence-electron chi connectivity index (χ3n) is 4.96. The Kier molecular flexibility index (Phi) is 6.58. The maximum atomic E-state index is 12.5. The highest BCUT2D eigenvalue weighted by atomic mass is 35.5. The first kappa shape index (κ1) is 20.9. The van der Waals surface area contributed by atoms with Crippen LogP contribution >= 0.6 is 11.6 Å². The Morgan fingerprint density at radius 2 is 1.38 bits per heavy atom. The Balaban J connectivity index is 1.51. The summed E-state index contributed by atoms with van der Waals surface area (Å²) in [7, 11) is 0. The van der Waals surface area contributed by atoms with Gasteiger partial charge in [0.25, 0.3) is 0 Å². The van der Waals surface area contributed by atoms with E-state index in [0.717, 1.165) is 12.8 Å². The third-order valence-corrected chi connectivity index (χ3v) is 5.27. The summed E-state index contributed by atoms with van der Waals surface area (Å²) >= 11 is 6.18. The van der Waals surface area contributed by atoms with E-state index in [-0.39, 0.29) is 11.9 Å². The Bertz CT molecular complexity index is 817. The molecule has 9 nitrogen and oxygen atoms in total. The van der Waals surface area contributed by atoms with Crippen LogP contribution in [-0.2, 0) is 14.4 Å². The summed E-state index contributed by atoms with van der Waals surface area (Å²) in [5, 5.41) is 5.66. The lowest BCUT2D eigenvalue weighted by Crippen LogP contribution is -2.54. The summed E-state index contributed by atoms with van der Waals surface area (Å²) in [6.45, 7) is 3.93. The van der Waals surface area contributed by atoms with Crippen LogP contribution in [-0.4, -0.2) is 77.7 Å². The maximum Gasteiger partial charge on any atom is 0.322 e. The molecule has 0 aliphatic carbocycles. The van der Waals surface area contributed by atoms with Crippen LogP contribution in [0.4, 0.5) is 16.2 Å². The van der Waals surface area contributed by atoms with Gasteiger partial charge in [0.15, 0.2) is 0 Å². The van der Waals surface area contributed by atoms with Crippen molar-refractivity contribution in [3.63, 3.8) is 0 Å². The predicted octanol–water partition coefficient (Wildman–Crippen LogP) is 1.60. The molecule has 1 aromatic carbocycles. The fraction of sp³-hybridized carbons (Fsp3) is 0.474. The van der Waals surface area contributed by atoms with Crippen LogP contribution in [0.3, 0.4) is 0 Å². The van der Waals surface area contributed by atoms with E-state index in [4.69, 9.17) is 11.6 Å². The van der Waals surface area contributed by atoms with Gasteiger partial charge in [0.2, 0.25) is 5.91 Å². The fourth-order valence-corrected chi connectivity index (χ4v) is 3.62. The lowest BCUT2D eigenvalue weighted by molar-refractivity contribution is -0.152. The molecule has 3 rings (SSSR count). The first-order valence-electron chi connectivity index (χ1n) is 9.56. The second-order valence-corrected chi connectivity index (χ2v) is 7.49. The number of nitrogens with zero attached hydrogens (tertiary/aromatic N) is 3.